The van der Waals surface area contributed by atoms with E-state index in [1.165, 1.54) is 6.07 Å². The summed E-state index contributed by atoms with van der Waals surface area (Å²) in [7, 11) is 0. The molecule has 1 saturated heterocycles. The molecule has 4 rings (SSSR count). The van der Waals surface area contributed by atoms with Crippen LogP contribution < -0.4 is 0 Å². The predicted octanol–water partition coefficient (Wildman–Crippen LogP) is 4.80. The number of alkyl halides is 3. The maximum absolute atomic E-state index is 13.8. The van der Waals surface area contributed by atoms with Crippen LogP contribution in [0.25, 0.3) is 11.3 Å². The van der Waals surface area contributed by atoms with Gasteiger partial charge in [0.25, 0.3) is 0 Å². The second-order valence-corrected chi connectivity index (χ2v) is 8.23. The molecule has 178 valence electrons. The standard InChI is InChI=1S/C20H22FN3OS.C2HF3O2/c1-15-18(3-2-4-19(15)21)20-6-5-17(25-20)12-24-9-7-23(8-10-24)11-16-13-26-14-22-16;3-2(4,5)1(6)7/h2-6,13-14H,7-12H2,1H3;(H,6,7). The van der Waals surface area contributed by atoms with Crippen LogP contribution in [-0.2, 0) is 17.9 Å². The van der Waals surface area contributed by atoms with Crippen molar-refractivity contribution in [1.29, 1.82) is 0 Å². The molecule has 33 heavy (non-hydrogen) atoms. The Hall–Kier alpha value is -2.76. The quantitative estimate of drug-likeness (QED) is 0.524. The first-order valence-electron chi connectivity index (χ1n) is 10.1. The molecule has 11 heteroatoms. The highest BCUT2D eigenvalue weighted by molar-refractivity contribution is 7.07. The molecule has 1 aliphatic rings. The number of carboxylic acid groups (broad SMARTS) is 1. The third kappa shape index (κ3) is 7.11. The lowest BCUT2D eigenvalue weighted by Crippen LogP contribution is -2.45. The maximum Gasteiger partial charge on any atom is 0.490 e. The van der Waals surface area contributed by atoms with E-state index < -0.39 is 12.1 Å². The molecule has 0 atom stereocenters. The number of aliphatic carboxylic acids is 1. The van der Waals surface area contributed by atoms with E-state index >= 15 is 0 Å². The van der Waals surface area contributed by atoms with Crippen molar-refractivity contribution in [3.63, 3.8) is 0 Å². The van der Waals surface area contributed by atoms with Crippen LogP contribution in [0, 0.1) is 12.7 Å². The third-order valence-corrected chi connectivity index (χ3v) is 5.79. The molecule has 6 nitrogen and oxygen atoms in total. The highest BCUT2D eigenvalue weighted by Gasteiger charge is 2.38. The van der Waals surface area contributed by atoms with Gasteiger partial charge in [-0.3, -0.25) is 9.80 Å². The number of rotatable bonds is 5. The van der Waals surface area contributed by atoms with Gasteiger partial charge in [-0.2, -0.15) is 13.2 Å². The average molecular weight is 486 g/mol. The van der Waals surface area contributed by atoms with Gasteiger partial charge in [0.15, 0.2) is 0 Å². The number of carbonyl (C=O) groups is 1. The van der Waals surface area contributed by atoms with Crippen LogP contribution in [0.15, 0.2) is 45.6 Å². The predicted molar refractivity (Wildman–Crippen MR) is 115 cm³/mol. The van der Waals surface area contributed by atoms with Crippen LogP contribution in [0.1, 0.15) is 17.0 Å². The molecule has 0 saturated carbocycles. The van der Waals surface area contributed by atoms with Gasteiger partial charge in [-0.1, -0.05) is 12.1 Å². The fourth-order valence-corrected chi connectivity index (χ4v) is 3.90. The van der Waals surface area contributed by atoms with Gasteiger partial charge in [0.1, 0.15) is 17.3 Å². The molecule has 0 bridgehead atoms. The molecule has 1 fully saturated rings. The zero-order valence-electron chi connectivity index (χ0n) is 17.8. The number of halogens is 4. The Morgan fingerprint density at radius 1 is 1.12 bits per heavy atom. The highest BCUT2D eigenvalue weighted by atomic mass is 32.1. The smallest absolute Gasteiger partial charge is 0.475 e. The van der Waals surface area contributed by atoms with Crippen molar-refractivity contribution in [2.24, 2.45) is 0 Å². The minimum atomic E-state index is -5.08. The van der Waals surface area contributed by atoms with Gasteiger partial charge >= 0.3 is 12.1 Å². The SMILES string of the molecule is Cc1c(F)cccc1-c1ccc(CN2CCN(Cc3cscn3)CC2)o1.O=C(O)C(F)(F)F. The number of aromatic nitrogens is 1. The first kappa shape index (κ1) is 24.9. The molecule has 0 unspecified atom stereocenters. The van der Waals surface area contributed by atoms with Gasteiger partial charge in [0.2, 0.25) is 0 Å². The molecular weight excluding hydrogens is 462 g/mol. The summed E-state index contributed by atoms with van der Waals surface area (Å²) in [4.78, 5) is 18.1. The summed E-state index contributed by atoms with van der Waals surface area (Å²) < 4.78 is 51.5. The number of benzene rings is 1. The van der Waals surface area contributed by atoms with Gasteiger partial charge in [-0.05, 0) is 30.7 Å². The van der Waals surface area contributed by atoms with E-state index in [0.717, 1.165) is 62.0 Å². The Kier molecular flexibility index (Phi) is 8.22. The molecule has 0 aliphatic carbocycles. The van der Waals surface area contributed by atoms with Crippen molar-refractivity contribution in [2.75, 3.05) is 26.2 Å². The molecule has 1 aromatic carbocycles. The molecular formula is C22H23F4N3O3S. The molecule has 1 aliphatic heterocycles. The summed E-state index contributed by atoms with van der Waals surface area (Å²) in [5, 5.41) is 9.24. The second-order valence-electron chi connectivity index (χ2n) is 7.51. The fraction of sp³-hybridized carbons (Fsp3) is 0.364. The monoisotopic (exact) mass is 485 g/mol. The number of nitrogens with zero attached hydrogens (tertiary/aromatic N) is 3. The first-order chi connectivity index (χ1) is 15.6. The van der Waals surface area contributed by atoms with Gasteiger partial charge < -0.3 is 9.52 Å². The molecule has 0 radical (unpaired) electrons. The Bertz CT molecular complexity index is 1050. The number of furan rings is 1. The highest BCUT2D eigenvalue weighted by Crippen LogP contribution is 2.27. The lowest BCUT2D eigenvalue weighted by Gasteiger charge is -2.33. The van der Waals surface area contributed by atoms with Crippen molar-refractivity contribution in [3.8, 4) is 11.3 Å². The fourth-order valence-electron chi connectivity index (χ4n) is 3.35. The minimum Gasteiger partial charge on any atom is -0.475 e. The number of carboxylic acids is 1. The first-order valence-corrected chi connectivity index (χ1v) is 11.0. The summed E-state index contributed by atoms with van der Waals surface area (Å²) in [6, 6.07) is 9.05. The van der Waals surface area contributed by atoms with Crippen LogP contribution in [0.2, 0.25) is 0 Å². The van der Waals surface area contributed by atoms with E-state index in [1.807, 2.05) is 23.7 Å². The van der Waals surface area contributed by atoms with Crippen LogP contribution in [0.3, 0.4) is 0 Å². The lowest BCUT2D eigenvalue weighted by atomic mass is 10.1. The summed E-state index contributed by atoms with van der Waals surface area (Å²) in [5.41, 5.74) is 4.50. The Morgan fingerprint density at radius 2 is 1.76 bits per heavy atom. The van der Waals surface area contributed by atoms with Crippen molar-refractivity contribution < 1.29 is 31.9 Å². The van der Waals surface area contributed by atoms with E-state index in [0.29, 0.717) is 5.56 Å². The van der Waals surface area contributed by atoms with E-state index in [1.54, 1.807) is 24.3 Å². The van der Waals surface area contributed by atoms with Crippen molar-refractivity contribution in [1.82, 2.24) is 14.8 Å². The van der Waals surface area contributed by atoms with E-state index in [2.05, 4.69) is 20.2 Å². The number of hydrogen-bond donors (Lipinski definition) is 1. The Balaban J connectivity index is 0.000000383. The largest absolute Gasteiger partial charge is 0.490 e. The average Bonchev–Trinajstić information content (AvgIpc) is 3.43. The van der Waals surface area contributed by atoms with Crippen LogP contribution >= 0.6 is 11.3 Å². The maximum atomic E-state index is 13.8. The molecule has 0 amide bonds. The van der Waals surface area contributed by atoms with Gasteiger partial charge in [0.05, 0.1) is 17.7 Å². The number of piperazine rings is 1. The van der Waals surface area contributed by atoms with Crippen LogP contribution in [0.4, 0.5) is 17.6 Å². The van der Waals surface area contributed by atoms with E-state index in [-0.39, 0.29) is 5.82 Å². The summed E-state index contributed by atoms with van der Waals surface area (Å²) >= 11 is 1.65. The zero-order valence-corrected chi connectivity index (χ0v) is 18.6. The van der Waals surface area contributed by atoms with Crippen LogP contribution in [-0.4, -0.2) is 58.2 Å². The Morgan fingerprint density at radius 3 is 2.33 bits per heavy atom. The summed E-state index contributed by atoms with van der Waals surface area (Å²) in [5.74, 6) is -1.29. The molecule has 3 aromatic rings. The normalized spacial score (nSPS) is 15.2. The minimum absolute atomic E-state index is 0.198. The summed E-state index contributed by atoms with van der Waals surface area (Å²) in [6.07, 6.45) is -5.08. The second kappa shape index (κ2) is 10.9. The van der Waals surface area contributed by atoms with Crippen molar-refractivity contribution >= 4 is 17.3 Å². The Labute approximate surface area is 192 Å². The van der Waals surface area contributed by atoms with E-state index in [9.17, 15) is 17.6 Å². The molecule has 1 N–H and O–H groups in total. The third-order valence-electron chi connectivity index (χ3n) is 5.15. The van der Waals surface area contributed by atoms with Crippen LogP contribution in [0.5, 0.6) is 0 Å². The number of thiazole rings is 1. The van der Waals surface area contributed by atoms with Gasteiger partial charge in [0, 0.05) is 43.7 Å². The lowest BCUT2D eigenvalue weighted by molar-refractivity contribution is -0.192. The van der Waals surface area contributed by atoms with Gasteiger partial charge in [-0.15, -0.1) is 11.3 Å². The van der Waals surface area contributed by atoms with Crippen molar-refractivity contribution in [3.05, 3.63) is 64.1 Å². The number of hydrogen-bond acceptors (Lipinski definition) is 6. The molecule has 0 spiro atoms. The van der Waals surface area contributed by atoms with Crippen molar-refractivity contribution in [2.45, 2.75) is 26.2 Å². The topological polar surface area (TPSA) is 69.8 Å². The summed E-state index contributed by atoms with van der Waals surface area (Å²) in [6.45, 7) is 7.61. The molecule has 2 aromatic heterocycles. The van der Waals surface area contributed by atoms with E-state index in [4.69, 9.17) is 14.3 Å². The molecule has 3 heterocycles. The van der Waals surface area contributed by atoms with Gasteiger partial charge in [-0.25, -0.2) is 14.2 Å². The zero-order chi connectivity index (χ0) is 24.0.